The quantitative estimate of drug-likeness (QED) is 0.727. The molecule has 3 aromatic rings. The van der Waals surface area contributed by atoms with Crippen molar-refractivity contribution in [2.24, 2.45) is 0 Å². The fourth-order valence-corrected chi connectivity index (χ4v) is 1.83. The Kier molecular flexibility index (Phi) is 2.57. The van der Waals surface area contributed by atoms with Gasteiger partial charge in [-0.25, -0.2) is 9.97 Å². The van der Waals surface area contributed by atoms with Gasteiger partial charge >= 0.3 is 0 Å². The van der Waals surface area contributed by atoms with Gasteiger partial charge in [-0.15, -0.1) is 0 Å². The normalized spacial score (nSPS) is 10.7. The predicted octanol–water partition coefficient (Wildman–Crippen LogP) is 2.93. The lowest BCUT2D eigenvalue weighted by Gasteiger charge is -2.03. The number of aromatic nitrogens is 3. The second-order valence-electron chi connectivity index (χ2n) is 3.84. The van der Waals surface area contributed by atoms with Crippen LogP contribution in [-0.4, -0.2) is 15.0 Å². The van der Waals surface area contributed by atoms with Gasteiger partial charge in [0.05, 0.1) is 5.69 Å². The van der Waals surface area contributed by atoms with Gasteiger partial charge in [0, 0.05) is 22.2 Å². The lowest BCUT2D eigenvalue weighted by Crippen LogP contribution is -1.96. The Morgan fingerprint density at radius 3 is 2.50 bits per heavy atom. The minimum absolute atomic E-state index is 0.225. The second-order valence-corrected chi connectivity index (χ2v) is 4.28. The molecule has 0 fully saturated rings. The van der Waals surface area contributed by atoms with Crippen LogP contribution < -0.4 is 5.73 Å². The summed E-state index contributed by atoms with van der Waals surface area (Å²) < 4.78 is 0. The summed E-state index contributed by atoms with van der Waals surface area (Å²) in [5, 5.41) is 1.56. The van der Waals surface area contributed by atoms with Crippen molar-refractivity contribution in [1.29, 1.82) is 0 Å². The average Bonchev–Trinajstić information content (AvgIpc) is 2.38. The first-order valence-electron chi connectivity index (χ1n) is 5.37. The molecule has 0 aliphatic rings. The van der Waals surface area contributed by atoms with Crippen molar-refractivity contribution in [3.63, 3.8) is 0 Å². The first kappa shape index (κ1) is 10.9. The van der Waals surface area contributed by atoms with E-state index in [2.05, 4.69) is 15.0 Å². The number of hydrogen-bond donors (Lipinski definition) is 1. The van der Waals surface area contributed by atoms with Gasteiger partial charge in [-0.1, -0.05) is 23.7 Å². The number of nitrogens with two attached hydrogens (primary N) is 1. The number of rotatable bonds is 1. The minimum atomic E-state index is 0.225. The number of hydrogen-bond acceptors (Lipinski definition) is 4. The van der Waals surface area contributed by atoms with E-state index >= 15 is 0 Å². The molecular weight excluding hydrogens is 248 g/mol. The highest BCUT2D eigenvalue weighted by Gasteiger charge is 2.03. The zero-order valence-electron chi connectivity index (χ0n) is 9.34. The van der Waals surface area contributed by atoms with Crippen molar-refractivity contribution < 1.29 is 0 Å². The van der Waals surface area contributed by atoms with Gasteiger partial charge in [0.2, 0.25) is 5.95 Å². The van der Waals surface area contributed by atoms with E-state index in [1.54, 1.807) is 6.20 Å². The number of benzene rings is 1. The van der Waals surface area contributed by atoms with E-state index in [1.165, 1.54) is 0 Å². The van der Waals surface area contributed by atoms with E-state index < -0.39 is 0 Å². The first-order valence-corrected chi connectivity index (χ1v) is 5.75. The number of nitrogen functional groups attached to an aromatic ring is 1. The molecule has 2 heterocycles. The third-order valence-corrected chi connectivity index (χ3v) is 2.85. The molecule has 0 saturated carbocycles. The predicted molar refractivity (Wildman–Crippen MR) is 72.2 cm³/mol. The van der Waals surface area contributed by atoms with Crippen LogP contribution in [0.5, 0.6) is 0 Å². The smallest absolute Gasteiger partial charge is 0.222 e. The molecule has 0 saturated heterocycles. The van der Waals surface area contributed by atoms with Crippen LogP contribution in [0.25, 0.3) is 22.3 Å². The van der Waals surface area contributed by atoms with E-state index in [9.17, 15) is 0 Å². The lowest BCUT2D eigenvalue weighted by atomic mass is 10.1. The number of anilines is 1. The topological polar surface area (TPSA) is 64.7 Å². The average molecular weight is 257 g/mol. The van der Waals surface area contributed by atoms with Crippen LogP contribution in [-0.2, 0) is 0 Å². The Morgan fingerprint density at radius 2 is 1.72 bits per heavy atom. The minimum Gasteiger partial charge on any atom is -0.368 e. The van der Waals surface area contributed by atoms with Gasteiger partial charge in [0.1, 0.15) is 0 Å². The zero-order valence-corrected chi connectivity index (χ0v) is 10.1. The van der Waals surface area contributed by atoms with Gasteiger partial charge in [0.25, 0.3) is 0 Å². The molecule has 4 nitrogen and oxygen atoms in total. The van der Waals surface area contributed by atoms with Crippen molar-refractivity contribution in [2.45, 2.75) is 0 Å². The SMILES string of the molecule is Nc1ncc2ccc(-c3ccc(Cl)cc3)nc2n1. The maximum Gasteiger partial charge on any atom is 0.222 e. The molecule has 5 heteroatoms. The van der Waals surface area contributed by atoms with Crippen LogP contribution >= 0.6 is 11.6 Å². The Bertz CT molecular complexity index is 710. The molecule has 0 aliphatic heterocycles. The third kappa shape index (κ3) is 1.98. The summed E-state index contributed by atoms with van der Waals surface area (Å²) >= 11 is 5.86. The Morgan fingerprint density at radius 1 is 0.944 bits per heavy atom. The van der Waals surface area contributed by atoms with E-state index in [-0.39, 0.29) is 5.95 Å². The molecular formula is C13H9ClN4. The fraction of sp³-hybridized carbons (Fsp3) is 0. The largest absolute Gasteiger partial charge is 0.368 e. The van der Waals surface area contributed by atoms with Crippen molar-refractivity contribution in [3.05, 3.63) is 47.6 Å². The summed E-state index contributed by atoms with van der Waals surface area (Å²) in [7, 11) is 0. The fourth-order valence-electron chi connectivity index (χ4n) is 1.70. The highest BCUT2D eigenvalue weighted by atomic mass is 35.5. The summed E-state index contributed by atoms with van der Waals surface area (Å²) in [6, 6.07) is 11.3. The highest BCUT2D eigenvalue weighted by Crippen LogP contribution is 2.21. The second kappa shape index (κ2) is 4.23. The lowest BCUT2D eigenvalue weighted by molar-refractivity contribution is 1.20. The van der Waals surface area contributed by atoms with Crippen LogP contribution in [0.4, 0.5) is 5.95 Å². The molecule has 88 valence electrons. The van der Waals surface area contributed by atoms with Gasteiger partial charge < -0.3 is 5.73 Å². The van der Waals surface area contributed by atoms with Gasteiger partial charge in [-0.2, -0.15) is 4.98 Å². The summed E-state index contributed by atoms with van der Waals surface area (Å²) in [4.78, 5) is 12.5. The maximum absolute atomic E-state index is 5.86. The van der Waals surface area contributed by atoms with Crippen LogP contribution in [0, 0.1) is 0 Å². The maximum atomic E-state index is 5.86. The van der Waals surface area contributed by atoms with Crippen molar-refractivity contribution >= 4 is 28.6 Å². The van der Waals surface area contributed by atoms with Crippen LogP contribution in [0.2, 0.25) is 5.02 Å². The summed E-state index contributed by atoms with van der Waals surface area (Å²) in [5.74, 6) is 0.225. The zero-order chi connectivity index (χ0) is 12.5. The number of fused-ring (bicyclic) bond motifs is 1. The van der Waals surface area contributed by atoms with E-state index in [1.807, 2.05) is 36.4 Å². The number of nitrogens with zero attached hydrogens (tertiary/aromatic N) is 3. The number of pyridine rings is 1. The molecule has 3 rings (SSSR count). The van der Waals surface area contributed by atoms with Crippen LogP contribution in [0.15, 0.2) is 42.6 Å². The standard InChI is InChI=1S/C13H9ClN4/c14-10-4-1-8(2-5-10)11-6-3-9-7-16-13(15)18-12(9)17-11/h1-7H,(H2,15,16,17,18). The summed E-state index contributed by atoms with van der Waals surface area (Å²) in [6.07, 6.45) is 1.66. The third-order valence-electron chi connectivity index (χ3n) is 2.60. The van der Waals surface area contributed by atoms with E-state index in [0.717, 1.165) is 16.6 Å². The van der Waals surface area contributed by atoms with Crippen molar-refractivity contribution in [1.82, 2.24) is 15.0 Å². The summed E-state index contributed by atoms with van der Waals surface area (Å²) in [5.41, 5.74) is 7.96. The molecule has 0 amide bonds. The van der Waals surface area contributed by atoms with Gasteiger partial charge in [0.15, 0.2) is 5.65 Å². The molecule has 0 bridgehead atoms. The molecule has 1 aromatic carbocycles. The highest BCUT2D eigenvalue weighted by molar-refractivity contribution is 6.30. The Labute approximate surface area is 108 Å². The molecule has 2 N–H and O–H groups in total. The molecule has 0 unspecified atom stereocenters. The van der Waals surface area contributed by atoms with E-state index in [0.29, 0.717) is 10.7 Å². The molecule has 0 spiro atoms. The monoisotopic (exact) mass is 256 g/mol. The molecule has 0 aliphatic carbocycles. The molecule has 2 aromatic heterocycles. The van der Waals surface area contributed by atoms with Crippen LogP contribution in [0.1, 0.15) is 0 Å². The van der Waals surface area contributed by atoms with Crippen molar-refractivity contribution in [2.75, 3.05) is 5.73 Å². The van der Waals surface area contributed by atoms with Crippen LogP contribution in [0.3, 0.4) is 0 Å². The van der Waals surface area contributed by atoms with E-state index in [4.69, 9.17) is 17.3 Å². The Hall–Kier alpha value is -2.20. The number of halogens is 1. The molecule has 0 radical (unpaired) electrons. The Balaban J connectivity index is 2.15. The van der Waals surface area contributed by atoms with Gasteiger partial charge in [-0.3, -0.25) is 0 Å². The van der Waals surface area contributed by atoms with Crippen molar-refractivity contribution in [3.8, 4) is 11.3 Å². The molecule has 18 heavy (non-hydrogen) atoms. The first-order chi connectivity index (χ1) is 8.72. The molecule has 0 atom stereocenters. The summed E-state index contributed by atoms with van der Waals surface area (Å²) in [6.45, 7) is 0. The van der Waals surface area contributed by atoms with Gasteiger partial charge in [-0.05, 0) is 24.3 Å².